The van der Waals surface area contributed by atoms with Crippen molar-refractivity contribution < 1.29 is 8.42 Å². The summed E-state index contributed by atoms with van der Waals surface area (Å²) in [4.78, 5) is 0. The van der Waals surface area contributed by atoms with E-state index >= 15 is 0 Å². The third-order valence-electron chi connectivity index (χ3n) is 1.88. The molecule has 0 radical (unpaired) electrons. The molecule has 0 spiro atoms. The molecule has 0 N–H and O–H groups in total. The summed E-state index contributed by atoms with van der Waals surface area (Å²) in [5.74, 6) is 0. The van der Waals surface area contributed by atoms with Crippen LogP contribution < -0.4 is 0 Å². The molecule has 4 heteroatoms. The first-order chi connectivity index (χ1) is 5.29. The monoisotopic (exact) mass is 188 g/mol. The summed E-state index contributed by atoms with van der Waals surface area (Å²) >= 11 is 0. The van der Waals surface area contributed by atoms with Crippen molar-refractivity contribution in [2.24, 2.45) is 0 Å². The van der Waals surface area contributed by atoms with E-state index in [0.717, 1.165) is 6.42 Å². The maximum Gasteiger partial charge on any atom is 0.118 e. The van der Waals surface area contributed by atoms with Gasteiger partial charge in [0, 0.05) is 0 Å². The van der Waals surface area contributed by atoms with Gasteiger partial charge in [-0.3, -0.25) is 0 Å². The fraction of sp³-hybridized carbons (Fsp3) is 0.429. The molecule has 0 aromatic carbocycles. The van der Waals surface area contributed by atoms with Gasteiger partial charge in [0.1, 0.15) is 19.7 Å². The van der Waals surface area contributed by atoms with E-state index in [1.54, 1.807) is 0 Å². The van der Waals surface area contributed by atoms with Gasteiger partial charge in [0.05, 0.1) is 10.5 Å². The third-order valence-corrected chi connectivity index (χ3v) is 6.35. The average Bonchev–Trinajstić information content (AvgIpc) is 2.31. The molecule has 4 atom stereocenters. The predicted molar refractivity (Wildman–Crippen MR) is 46.8 cm³/mol. The van der Waals surface area contributed by atoms with E-state index in [0.29, 0.717) is 0 Å². The van der Waals surface area contributed by atoms with Gasteiger partial charge in [-0.2, -0.15) is 0 Å². The smallest absolute Gasteiger partial charge is 0.118 e. The molecule has 2 aliphatic rings. The molecule has 1 aliphatic carbocycles. The number of hydrogen-bond donors (Lipinski definition) is 0. The van der Waals surface area contributed by atoms with Crippen molar-refractivity contribution >= 4 is 19.7 Å². The Labute approximate surface area is 69.7 Å². The molecule has 11 heavy (non-hydrogen) atoms. The van der Waals surface area contributed by atoms with Gasteiger partial charge < -0.3 is 0 Å². The molecular formula is C7H8O2S2. The molecule has 2 rings (SSSR count). The average molecular weight is 188 g/mol. The number of hydrogen-bond acceptors (Lipinski definition) is 2. The minimum absolute atomic E-state index is 0.0239. The van der Waals surface area contributed by atoms with Crippen molar-refractivity contribution in [3.63, 3.8) is 0 Å². The molecule has 0 aromatic rings. The molecule has 60 valence electrons. The molecule has 1 heterocycles. The van der Waals surface area contributed by atoms with Crippen LogP contribution in [-0.2, 0) is 19.7 Å². The second-order valence-corrected chi connectivity index (χ2v) is 6.83. The second-order valence-electron chi connectivity index (χ2n) is 2.60. The lowest BCUT2D eigenvalue weighted by molar-refractivity contribution is 0.678. The van der Waals surface area contributed by atoms with Gasteiger partial charge in [-0.15, -0.1) is 0 Å². The number of allylic oxidation sites excluding steroid dienone is 2. The normalized spacial score (nSPS) is 47.6. The first-order valence-corrected chi connectivity index (χ1v) is 6.40. The number of fused-ring (bicyclic) bond motifs is 2. The van der Waals surface area contributed by atoms with E-state index in [9.17, 15) is 8.42 Å². The first kappa shape index (κ1) is 7.43. The highest BCUT2D eigenvalue weighted by Gasteiger charge is 2.36. The van der Waals surface area contributed by atoms with Crippen LogP contribution in [0.25, 0.3) is 0 Å². The lowest BCUT2D eigenvalue weighted by atomic mass is 10.2. The van der Waals surface area contributed by atoms with Crippen molar-refractivity contribution in [3.05, 3.63) is 24.3 Å². The van der Waals surface area contributed by atoms with Crippen LogP contribution in [0.3, 0.4) is 0 Å². The van der Waals surface area contributed by atoms with Crippen LogP contribution in [0.2, 0.25) is 0 Å². The molecule has 2 nitrogen and oxygen atoms in total. The standard InChI is InChI=1S/C7H8O2S2/c8-10-6-3-1-2-4-7(5-6)11(10)9/h1-4,6-7H,5H2/t6-,7?,10?,11?/m1/s1. The Morgan fingerprint density at radius 3 is 1.91 bits per heavy atom. The Morgan fingerprint density at radius 1 is 1.00 bits per heavy atom. The quantitative estimate of drug-likeness (QED) is 0.523. The maximum atomic E-state index is 11.3. The summed E-state index contributed by atoms with van der Waals surface area (Å²) in [5.41, 5.74) is 0. The van der Waals surface area contributed by atoms with E-state index in [-0.39, 0.29) is 10.5 Å². The van der Waals surface area contributed by atoms with Gasteiger partial charge in [-0.1, -0.05) is 24.3 Å². The molecule has 1 aliphatic heterocycles. The zero-order chi connectivity index (χ0) is 7.84. The van der Waals surface area contributed by atoms with Gasteiger partial charge in [0.15, 0.2) is 0 Å². The Balaban J connectivity index is 2.40. The van der Waals surface area contributed by atoms with E-state index in [1.165, 1.54) is 0 Å². The van der Waals surface area contributed by atoms with Crippen LogP contribution in [0, 0.1) is 0 Å². The topological polar surface area (TPSA) is 34.1 Å². The van der Waals surface area contributed by atoms with Gasteiger partial charge in [0.25, 0.3) is 0 Å². The lowest BCUT2D eigenvalue weighted by Gasteiger charge is -1.96. The fourth-order valence-electron chi connectivity index (χ4n) is 1.29. The summed E-state index contributed by atoms with van der Waals surface area (Å²) in [7, 11) is -2.30. The summed E-state index contributed by atoms with van der Waals surface area (Å²) < 4.78 is 22.5. The Morgan fingerprint density at radius 2 is 1.45 bits per heavy atom. The maximum absolute atomic E-state index is 11.3. The van der Waals surface area contributed by atoms with Crippen LogP contribution in [-0.4, -0.2) is 18.9 Å². The molecule has 1 fully saturated rings. The van der Waals surface area contributed by atoms with Crippen LogP contribution in [0.4, 0.5) is 0 Å². The van der Waals surface area contributed by atoms with E-state index in [4.69, 9.17) is 0 Å². The Kier molecular flexibility index (Phi) is 1.81. The molecule has 0 amide bonds. The van der Waals surface area contributed by atoms with Crippen molar-refractivity contribution in [3.8, 4) is 0 Å². The minimum atomic E-state index is -1.15. The van der Waals surface area contributed by atoms with E-state index in [2.05, 4.69) is 0 Å². The largest absolute Gasteiger partial charge is 0.245 e. The van der Waals surface area contributed by atoms with Crippen molar-refractivity contribution in [2.45, 2.75) is 16.9 Å². The molecular weight excluding hydrogens is 180 g/mol. The molecule has 0 aromatic heterocycles. The molecule has 3 unspecified atom stereocenters. The van der Waals surface area contributed by atoms with Gasteiger partial charge in [0.2, 0.25) is 0 Å². The Hall–Kier alpha value is -0.220. The fourth-order valence-corrected chi connectivity index (χ4v) is 5.39. The second kappa shape index (κ2) is 2.68. The van der Waals surface area contributed by atoms with Crippen LogP contribution in [0.1, 0.15) is 6.42 Å². The van der Waals surface area contributed by atoms with Crippen LogP contribution >= 0.6 is 0 Å². The van der Waals surface area contributed by atoms with Gasteiger partial charge >= 0.3 is 0 Å². The Bertz CT molecular complexity index is 252. The minimum Gasteiger partial charge on any atom is -0.245 e. The molecule has 0 saturated carbocycles. The highest BCUT2D eigenvalue weighted by Crippen LogP contribution is 2.27. The van der Waals surface area contributed by atoms with E-state index in [1.807, 2.05) is 24.3 Å². The van der Waals surface area contributed by atoms with Gasteiger partial charge in [-0.25, -0.2) is 8.42 Å². The first-order valence-electron chi connectivity index (χ1n) is 3.45. The molecule has 2 bridgehead atoms. The SMILES string of the molecule is O=S1C2C=CC=C[C@H](C2)S1=O. The summed E-state index contributed by atoms with van der Waals surface area (Å²) in [6.07, 6.45) is 8.33. The highest BCUT2D eigenvalue weighted by molar-refractivity contribution is 8.62. The van der Waals surface area contributed by atoms with Gasteiger partial charge in [-0.05, 0) is 6.42 Å². The zero-order valence-electron chi connectivity index (χ0n) is 5.80. The zero-order valence-corrected chi connectivity index (χ0v) is 7.44. The molecule has 1 saturated heterocycles. The van der Waals surface area contributed by atoms with Crippen molar-refractivity contribution in [1.82, 2.24) is 0 Å². The highest BCUT2D eigenvalue weighted by atomic mass is 33.1. The summed E-state index contributed by atoms with van der Waals surface area (Å²) in [5, 5.41) is 0.0478. The predicted octanol–water partition coefficient (Wildman–Crippen LogP) is 0.666. The van der Waals surface area contributed by atoms with Crippen molar-refractivity contribution in [2.75, 3.05) is 0 Å². The van der Waals surface area contributed by atoms with E-state index < -0.39 is 19.7 Å². The summed E-state index contributed by atoms with van der Waals surface area (Å²) in [6.45, 7) is 0. The lowest BCUT2D eigenvalue weighted by Crippen LogP contribution is -2.06. The van der Waals surface area contributed by atoms with Crippen LogP contribution in [0.15, 0.2) is 24.3 Å². The number of rotatable bonds is 0. The summed E-state index contributed by atoms with van der Waals surface area (Å²) in [6, 6.07) is 0. The van der Waals surface area contributed by atoms with Crippen LogP contribution in [0.5, 0.6) is 0 Å². The third kappa shape index (κ3) is 1.14. The van der Waals surface area contributed by atoms with Crippen molar-refractivity contribution in [1.29, 1.82) is 0 Å².